The number of carbonyl (C=O) groups is 1. The van der Waals surface area contributed by atoms with Crippen LogP contribution < -0.4 is 4.90 Å². The van der Waals surface area contributed by atoms with Gasteiger partial charge in [-0.3, -0.25) is 0 Å². The maximum Gasteiger partial charge on any atom is 0.328 e. The molecule has 1 aromatic carbocycles. The van der Waals surface area contributed by atoms with E-state index in [0.717, 1.165) is 23.9 Å². The van der Waals surface area contributed by atoms with Gasteiger partial charge in [0.2, 0.25) is 0 Å². The summed E-state index contributed by atoms with van der Waals surface area (Å²) in [7, 11) is 1.94. The molecule has 0 fully saturated rings. The van der Waals surface area contributed by atoms with Gasteiger partial charge in [0, 0.05) is 18.0 Å². The van der Waals surface area contributed by atoms with Gasteiger partial charge in [0.05, 0.1) is 17.3 Å². The van der Waals surface area contributed by atoms with Gasteiger partial charge in [-0.25, -0.2) is 4.79 Å². The normalized spacial score (nSPS) is 10.9. The summed E-state index contributed by atoms with van der Waals surface area (Å²) in [6.07, 6.45) is 2.68. The Labute approximate surface area is 126 Å². The minimum absolute atomic E-state index is 0.608. The summed E-state index contributed by atoms with van der Waals surface area (Å²) in [5, 5.41) is 11.4. The number of benzene rings is 1. The molecule has 3 nitrogen and oxygen atoms in total. The third kappa shape index (κ3) is 3.62. The van der Waals surface area contributed by atoms with Gasteiger partial charge in [-0.1, -0.05) is 29.8 Å². The molecule has 104 valence electrons. The van der Waals surface area contributed by atoms with Gasteiger partial charge >= 0.3 is 5.97 Å². The Morgan fingerprint density at radius 1 is 1.40 bits per heavy atom. The van der Waals surface area contributed by atoms with Crippen LogP contribution in [0.25, 0.3) is 6.08 Å². The topological polar surface area (TPSA) is 40.5 Å². The van der Waals surface area contributed by atoms with Crippen LogP contribution in [0.5, 0.6) is 0 Å². The van der Waals surface area contributed by atoms with Crippen molar-refractivity contribution in [3.8, 4) is 0 Å². The predicted octanol–water partition coefficient (Wildman–Crippen LogP) is 4.14. The Bertz CT molecular complexity index is 623. The highest BCUT2D eigenvalue weighted by atomic mass is 35.5. The fourth-order valence-electron chi connectivity index (χ4n) is 1.95. The summed E-state index contributed by atoms with van der Waals surface area (Å²) in [5.74, 6) is -0.975. The predicted molar refractivity (Wildman–Crippen MR) is 84.5 cm³/mol. The largest absolute Gasteiger partial charge is 0.478 e. The van der Waals surface area contributed by atoms with Gasteiger partial charge in [0.1, 0.15) is 0 Å². The number of carboxylic acids is 1. The molecule has 1 N–H and O–H groups in total. The summed E-state index contributed by atoms with van der Waals surface area (Å²) >= 11 is 7.94. The lowest BCUT2D eigenvalue weighted by molar-refractivity contribution is -0.131. The van der Waals surface area contributed by atoms with Crippen molar-refractivity contribution in [1.82, 2.24) is 0 Å². The van der Waals surface area contributed by atoms with Crippen LogP contribution in [0.2, 0.25) is 5.02 Å². The molecule has 0 aliphatic carbocycles. The molecule has 0 aliphatic rings. The second-order valence-electron chi connectivity index (χ2n) is 4.28. The molecule has 0 amide bonds. The van der Waals surface area contributed by atoms with E-state index in [1.165, 1.54) is 4.88 Å². The van der Waals surface area contributed by atoms with Crippen molar-refractivity contribution < 1.29 is 9.90 Å². The van der Waals surface area contributed by atoms with Gasteiger partial charge < -0.3 is 10.0 Å². The number of halogens is 1. The smallest absolute Gasteiger partial charge is 0.328 e. The molecule has 0 unspecified atom stereocenters. The number of rotatable bonds is 5. The first-order chi connectivity index (χ1) is 9.58. The molecule has 20 heavy (non-hydrogen) atoms. The van der Waals surface area contributed by atoms with E-state index in [4.69, 9.17) is 16.7 Å². The van der Waals surface area contributed by atoms with E-state index >= 15 is 0 Å². The lowest BCUT2D eigenvalue weighted by Gasteiger charge is -2.22. The molecule has 1 aromatic heterocycles. The molecule has 0 aliphatic heterocycles. The quantitative estimate of drug-likeness (QED) is 0.844. The second kappa shape index (κ2) is 6.59. The van der Waals surface area contributed by atoms with Crippen LogP contribution in [-0.4, -0.2) is 18.1 Å². The zero-order valence-corrected chi connectivity index (χ0v) is 12.5. The molecule has 2 aromatic rings. The first-order valence-electron chi connectivity index (χ1n) is 6.01. The summed E-state index contributed by atoms with van der Waals surface area (Å²) in [5.41, 5.74) is 1.62. The third-order valence-electron chi connectivity index (χ3n) is 2.78. The maximum atomic E-state index is 10.7. The number of hydrogen-bond donors (Lipinski definition) is 1. The van der Waals surface area contributed by atoms with Crippen LogP contribution in [0.1, 0.15) is 10.4 Å². The minimum atomic E-state index is -0.975. The Balaban J connectivity index is 2.31. The highest BCUT2D eigenvalue weighted by Crippen LogP contribution is 2.31. The molecule has 0 saturated carbocycles. The van der Waals surface area contributed by atoms with Crippen molar-refractivity contribution in [3.05, 3.63) is 57.3 Å². The van der Waals surface area contributed by atoms with Crippen LogP contribution in [0.15, 0.2) is 41.8 Å². The number of thiophene rings is 1. The molecular weight excluding hydrogens is 294 g/mol. The molecule has 0 atom stereocenters. The van der Waals surface area contributed by atoms with E-state index in [9.17, 15) is 4.79 Å². The number of anilines is 1. The van der Waals surface area contributed by atoms with E-state index in [-0.39, 0.29) is 0 Å². The van der Waals surface area contributed by atoms with Crippen molar-refractivity contribution in [2.24, 2.45) is 0 Å². The number of para-hydroxylation sites is 1. The van der Waals surface area contributed by atoms with Crippen molar-refractivity contribution in [2.75, 3.05) is 11.9 Å². The molecular formula is C15H14ClNO2S. The molecule has 2 rings (SSSR count). The number of carboxylic acid groups (broad SMARTS) is 1. The first-order valence-corrected chi connectivity index (χ1v) is 7.26. The van der Waals surface area contributed by atoms with Crippen molar-refractivity contribution in [1.29, 1.82) is 0 Å². The highest BCUT2D eigenvalue weighted by molar-refractivity contribution is 7.09. The fourth-order valence-corrected chi connectivity index (χ4v) is 3.03. The van der Waals surface area contributed by atoms with Crippen LogP contribution in [0.3, 0.4) is 0 Å². The summed E-state index contributed by atoms with van der Waals surface area (Å²) < 4.78 is 0. The molecule has 0 saturated heterocycles. The Morgan fingerprint density at radius 3 is 2.85 bits per heavy atom. The molecule has 0 radical (unpaired) electrons. The van der Waals surface area contributed by atoms with Crippen LogP contribution >= 0.6 is 22.9 Å². The van der Waals surface area contributed by atoms with Gasteiger partial charge in [-0.2, -0.15) is 0 Å². The van der Waals surface area contributed by atoms with E-state index in [0.29, 0.717) is 5.02 Å². The Morgan fingerprint density at radius 2 is 2.20 bits per heavy atom. The van der Waals surface area contributed by atoms with Gasteiger partial charge in [-0.05, 0) is 29.2 Å². The molecule has 1 heterocycles. The number of aliphatic carboxylic acids is 1. The third-order valence-corrected chi connectivity index (χ3v) is 3.94. The Kier molecular flexibility index (Phi) is 4.82. The van der Waals surface area contributed by atoms with Crippen molar-refractivity contribution in [2.45, 2.75) is 6.54 Å². The van der Waals surface area contributed by atoms with E-state index in [1.807, 2.05) is 35.5 Å². The van der Waals surface area contributed by atoms with Crippen LogP contribution in [-0.2, 0) is 11.3 Å². The van der Waals surface area contributed by atoms with E-state index < -0.39 is 5.97 Å². The lowest BCUT2D eigenvalue weighted by atomic mass is 10.1. The van der Waals surface area contributed by atoms with E-state index in [1.54, 1.807) is 23.5 Å². The Hall–Kier alpha value is -1.78. The zero-order chi connectivity index (χ0) is 14.5. The minimum Gasteiger partial charge on any atom is -0.478 e. The maximum absolute atomic E-state index is 10.7. The molecule has 0 bridgehead atoms. The SMILES string of the molecule is CN(Cc1cccs1)c1c(Cl)cccc1/C=C/C(=O)O. The number of hydrogen-bond acceptors (Lipinski definition) is 3. The van der Waals surface area contributed by atoms with Gasteiger partial charge in [0.15, 0.2) is 0 Å². The van der Waals surface area contributed by atoms with Gasteiger partial charge in [-0.15, -0.1) is 11.3 Å². The second-order valence-corrected chi connectivity index (χ2v) is 5.72. The van der Waals surface area contributed by atoms with Crippen LogP contribution in [0, 0.1) is 0 Å². The summed E-state index contributed by atoms with van der Waals surface area (Å²) in [6.45, 7) is 0.731. The molecule has 5 heteroatoms. The van der Waals surface area contributed by atoms with Crippen molar-refractivity contribution in [3.63, 3.8) is 0 Å². The first kappa shape index (κ1) is 14.6. The van der Waals surface area contributed by atoms with Crippen LogP contribution in [0.4, 0.5) is 5.69 Å². The monoisotopic (exact) mass is 307 g/mol. The number of nitrogens with zero attached hydrogens (tertiary/aromatic N) is 1. The van der Waals surface area contributed by atoms with Gasteiger partial charge in [0.25, 0.3) is 0 Å². The zero-order valence-electron chi connectivity index (χ0n) is 10.9. The van der Waals surface area contributed by atoms with Crippen molar-refractivity contribution >= 4 is 40.7 Å². The average Bonchev–Trinajstić information content (AvgIpc) is 2.88. The van der Waals surface area contributed by atoms with E-state index in [2.05, 4.69) is 6.07 Å². The highest BCUT2D eigenvalue weighted by Gasteiger charge is 2.11. The standard InChI is InChI=1S/C15H14ClNO2S/c1-17(10-12-5-3-9-20-12)15-11(7-8-14(18)19)4-2-6-13(15)16/h2-9H,10H2,1H3,(H,18,19)/b8-7+. The average molecular weight is 308 g/mol. The molecule has 0 spiro atoms. The summed E-state index contributed by atoms with van der Waals surface area (Å²) in [6, 6.07) is 9.54. The fraction of sp³-hybridized carbons (Fsp3) is 0.133. The lowest BCUT2D eigenvalue weighted by Crippen LogP contribution is -2.17. The summed E-state index contributed by atoms with van der Waals surface area (Å²) in [4.78, 5) is 13.9.